The van der Waals surface area contributed by atoms with Crippen LogP contribution in [0.4, 0.5) is 20.6 Å². The van der Waals surface area contributed by atoms with Crippen molar-refractivity contribution < 1.29 is 24.0 Å². The van der Waals surface area contributed by atoms with Crippen molar-refractivity contribution in [2.75, 3.05) is 31.1 Å². The molecule has 3 rings (SSSR count). The van der Waals surface area contributed by atoms with E-state index in [4.69, 9.17) is 4.74 Å². The molecule has 1 heterocycles. The van der Waals surface area contributed by atoms with Crippen LogP contribution in [0.3, 0.4) is 0 Å². The second kappa shape index (κ2) is 8.66. The summed E-state index contributed by atoms with van der Waals surface area (Å²) in [6.45, 7) is 0.529. The van der Waals surface area contributed by atoms with Crippen molar-refractivity contribution in [2.24, 2.45) is 0 Å². The highest BCUT2D eigenvalue weighted by Crippen LogP contribution is 2.27. The Morgan fingerprint density at radius 1 is 1.25 bits per heavy atom. The van der Waals surface area contributed by atoms with Gasteiger partial charge in [-0.2, -0.15) is 0 Å². The van der Waals surface area contributed by atoms with Crippen LogP contribution >= 0.6 is 0 Å². The lowest BCUT2D eigenvalue weighted by Crippen LogP contribution is -2.56. The molecular formula is C19H20FN3O5. The van der Waals surface area contributed by atoms with Crippen LogP contribution in [0.1, 0.15) is 5.56 Å². The van der Waals surface area contributed by atoms with Gasteiger partial charge >= 0.3 is 6.09 Å². The Hall–Kier alpha value is -3.20. The molecule has 0 saturated carbocycles. The monoisotopic (exact) mass is 389 g/mol. The zero-order chi connectivity index (χ0) is 20.1. The molecule has 8 nitrogen and oxygen atoms in total. The molecule has 1 saturated heterocycles. The van der Waals surface area contributed by atoms with E-state index in [9.17, 15) is 24.4 Å². The summed E-state index contributed by atoms with van der Waals surface area (Å²) in [4.78, 5) is 25.5. The SMILES string of the molecule is O=C(OCc1ccccc1)N1CCN(c2ccc([N+](=O)[O-])cc2F)C(CO)C1. The number of benzene rings is 2. The molecule has 2 aromatic carbocycles. The fourth-order valence-corrected chi connectivity index (χ4v) is 3.15. The molecule has 1 amide bonds. The maximum Gasteiger partial charge on any atom is 0.410 e. The summed E-state index contributed by atoms with van der Waals surface area (Å²) in [5.74, 6) is -0.743. The first-order valence-electron chi connectivity index (χ1n) is 8.76. The van der Waals surface area contributed by atoms with Gasteiger partial charge < -0.3 is 19.6 Å². The number of nitrogens with zero attached hydrogens (tertiary/aromatic N) is 3. The van der Waals surface area contributed by atoms with E-state index in [2.05, 4.69) is 0 Å². The molecule has 1 atom stereocenters. The Labute approximate surface area is 160 Å². The number of rotatable bonds is 5. The molecule has 0 radical (unpaired) electrons. The number of hydrogen-bond donors (Lipinski definition) is 1. The summed E-state index contributed by atoms with van der Waals surface area (Å²) < 4.78 is 19.6. The van der Waals surface area contributed by atoms with Crippen molar-refractivity contribution in [3.8, 4) is 0 Å². The van der Waals surface area contributed by atoms with Crippen molar-refractivity contribution >= 4 is 17.5 Å². The number of halogens is 1. The second-order valence-electron chi connectivity index (χ2n) is 6.41. The molecule has 1 unspecified atom stereocenters. The molecular weight excluding hydrogens is 369 g/mol. The zero-order valence-corrected chi connectivity index (χ0v) is 15.0. The van der Waals surface area contributed by atoms with Crippen molar-refractivity contribution in [1.82, 2.24) is 4.90 Å². The van der Waals surface area contributed by atoms with Gasteiger partial charge in [0.2, 0.25) is 0 Å². The smallest absolute Gasteiger partial charge is 0.410 e. The largest absolute Gasteiger partial charge is 0.445 e. The molecule has 148 valence electrons. The van der Waals surface area contributed by atoms with Crippen LogP contribution in [0.2, 0.25) is 0 Å². The van der Waals surface area contributed by atoms with E-state index < -0.39 is 22.9 Å². The average Bonchev–Trinajstić information content (AvgIpc) is 2.72. The quantitative estimate of drug-likeness (QED) is 0.624. The molecule has 0 spiro atoms. The number of piperazine rings is 1. The van der Waals surface area contributed by atoms with Crippen molar-refractivity contribution in [2.45, 2.75) is 12.6 Å². The van der Waals surface area contributed by atoms with Gasteiger partial charge in [-0.25, -0.2) is 9.18 Å². The Kier molecular flexibility index (Phi) is 6.05. The van der Waals surface area contributed by atoms with Gasteiger partial charge in [0, 0.05) is 25.7 Å². The minimum atomic E-state index is -0.743. The third-order valence-corrected chi connectivity index (χ3v) is 4.61. The van der Waals surface area contributed by atoms with E-state index in [0.29, 0.717) is 0 Å². The van der Waals surface area contributed by atoms with E-state index in [0.717, 1.165) is 11.6 Å². The van der Waals surface area contributed by atoms with Gasteiger partial charge in [-0.1, -0.05) is 30.3 Å². The third-order valence-electron chi connectivity index (χ3n) is 4.61. The van der Waals surface area contributed by atoms with Crippen LogP contribution in [-0.2, 0) is 11.3 Å². The summed E-state index contributed by atoms with van der Waals surface area (Å²) in [7, 11) is 0. The highest BCUT2D eigenvalue weighted by Gasteiger charge is 2.31. The van der Waals surface area contributed by atoms with Gasteiger partial charge in [0.15, 0.2) is 5.82 Å². The number of anilines is 1. The van der Waals surface area contributed by atoms with E-state index in [-0.39, 0.29) is 44.2 Å². The molecule has 9 heteroatoms. The van der Waals surface area contributed by atoms with Crippen molar-refractivity contribution in [3.63, 3.8) is 0 Å². The average molecular weight is 389 g/mol. The van der Waals surface area contributed by atoms with Crippen LogP contribution in [0.5, 0.6) is 0 Å². The topological polar surface area (TPSA) is 96.2 Å². The van der Waals surface area contributed by atoms with Gasteiger partial charge in [-0.15, -0.1) is 0 Å². The Balaban J connectivity index is 1.65. The Morgan fingerprint density at radius 3 is 2.64 bits per heavy atom. The number of ether oxygens (including phenoxy) is 1. The summed E-state index contributed by atoms with van der Waals surface area (Å²) in [5.41, 5.74) is 0.674. The lowest BCUT2D eigenvalue weighted by Gasteiger charge is -2.41. The Bertz CT molecular complexity index is 849. The highest BCUT2D eigenvalue weighted by atomic mass is 19.1. The Morgan fingerprint density at radius 2 is 2.00 bits per heavy atom. The number of nitro groups is 1. The summed E-state index contributed by atoms with van der Waals surface area (Å²) in [6, 6.07) is 12.1. The number of aliphatic hydroxyl groups is 1. The predicted molar refractivity (Wildman–Crippen MR) is 99.5 cm³/mol. The molecule has 28 heavy (non-hydrogen) atoms. The van der Waals surface area contributed by atoms with E-state index >= 15 is 0 Å². The van der Waals surface area contributed by atoms with Crippen LogP contribution < -0.4 is 4.90 Å². The van der Waals surface area contributed by atoms with Crippen molar-refractivity contribution in [1.29, 1.82) is 0 Å². The highest BCUT2D eigenvalue weighted by molar-refractivity contribution is 5.68. The summed E-state index contributed by atoms with van der Waals surface area (Å²) >= 11 is 0. The van der Waals surface area contributed by atoms with E-state index in [1.54, 1.807) is 4.90 Å². The lowest BCUT2D eigenvalue weighted by atomic mass is 10.1. The van der Waals surface area contributed by atoms with Gasteiger partial charge in [0.1, 0.15) is 6.61 Å². The molecule has 1 N–H and O–H groups in total. The number of nitro benzene ring substituents is 1. The van der Waals surface area contributed by atoms with Gasteiger partial charge in [-0.3, -0.25) is 10.1 Å². The maximum absolute atomic E-state index is 14.3. The van der Waals surface area contributed by atoms with Gasteiger partial charge in [0.25, 0.3) is 5.69 Å². The second-order valence-corrected chi connectivity index (χ2v) is 6.41. The number of carbonyl (C=O) groups excluding carboxylic acids is 1. The first-order chi connectivity index (χ1) is 13.5. The molecule has 0 bridgehead atoms. The maximum atomic E-state index is 14.3. The standard InChI is InChI=1S/C19H20FN3O5/c20-17-10-15(23(26)27)6-7-18(17)22-9-8-21(11-16(22)12-24)19(25)28-13-14-4-2-1-3-5-14/h1-7,10,16,24H,8-9,11-13H2. The van der Waals surface area contributed by atoms with Crippen LogP contribution in [-0.4, -0.2) is 53.3 Å². The molecule has 2 aromatic rings. The van der Waals surface area contributed by atoms with E-state index in [1.807, 2.05) is 30.3 Å². The van der Waals surface area contributed by atoms with Crippen molar-refractivity contribution in [3.05, 3.63) is 70.0 Å². The molecule has 1 aliphatic rings. The minimum Gasteiger partial charge on any atom is -0.445 e. The van der Waals surface area contributed by atoms with Crippen LogP contribution in [0.25, 0.3) is 0 Å². The number of carbonyl (C=O) groups is 1. The minimum absolute atomic E-state index is 0.140. The van der Waals surface area contributed by atoms with E-state index in [1.165, 1.54) is 17.0 Å². The normalized spacial score (nSPS) is 16.7. The summed E-state index contributed by atoms with van der Waals surface area (Å²) in [6.07, 6.45) is -0.508. The lowest BCUT2D eigenvalue weighted by molar-refractivity contribution is -0.385. The van der Waals surface area contributed by atoms with Gasteiger partial charge in [0.05, 0.1) is 29.3 Å². The summed E-state index contributed by atoms with van der Waals surface area (Å²) in [5, 5.41) is 20.5. The number of non-ortho nitro benzene ring substituents is 1. The number of aliphatic hydroxyl groups excluding tert-OH is 1. The third kappa shape index (κ3) is 4.37. The molecule has 1 fully saturated rings. The number of amides is 1. The molecule has 0 aliphatic carbocycles. The fraction of sp³-hybridized carbons (Fsp3) is 0.316. The predicted octanol–water partition coefficient (Wildman–Crippen LogP) is 2.55. The fourth-order valence-electron chi connectivity index (χ4n) is 3.15. The number of hydrogen-bond acceptors (Lipinski definition) is 6. The van der Waals surface area contributed by atoms with Gasteiger partial charge in [-0.05, 0) is 11.6 Å². The molecule has 0 aromatic heterocycles. The van der Waals surface area contributed by atoms with Crippen LogP contribution in [0.15, 0.2) is 48.5 Å². The first kappa shape index (κ1) is 19.6. The van der Waals surface area contributed by atoms with Crippen LogP contribution in [0, 0.1) is 15.9 Å². The first-order valence-corrected chi connectivity index (χ1v) is 8.76. The zero-order valence-electron chi connectivity index (χ0n) is 15.0. The molecule has 1 aliphatic heterocycles.